The lowest BCUT2D eigenvalue weighted by atomic mass is 10.2. The van der Waals surface area contributed by atoms with Crippen LogP contribution < -0.4 is 0 Å². The lowest BCUT2D eigenvalue weighted by molar-refractivity contribution is 0.203. The Balaban J connectivity index is 2.35. The average molecular weight is 188 g/mol. The summed E-state index contributed by atoms with van der Waals surface area (Å²) >= 11 is 1.87. The van der Waals surface area contributed by atoms with E-state index in [-0.39, 0.29) is 0 Å². The van der Waals surface area contributed by atoms with Crippen molar-refractivity contribution in [1.29, 1.82) is 0 Å². The highest BCUT2D eigenvalue weighted by Gasteiger charge is 2.26. The third kappa shape index (κ3) is 2.38. The second kappa shape index (κ2) is 4.49. The molecular formula is C9H20N2S. The minimum Gasteiger partial charge on any atom is -0.300 e. The molecule has 1 fully saturated rings. The molecule has 0 aliphatic carbocycles. The number of rotatable bonds is 3. The number of hydrogen-bond acceptors (Lipinski definition) is 3. The van der Waals surface area contributed by atoms with E-state index in [0.29, 0.717) is 6.04 Å². The largest absolute Gasteiger partial charge is 0.300 e. The summed E-state index contributed by atoms with van der Waals surface area (Å²) in [5, 5.41) is 0. The van der Waals surface area contributed by atoms with Gasteiger partial charge < -0.3 is 0 Å². The Bertz CT molecular complexity index is 138. The van der Waals surface area contributed by atoms with Crippen molar-refractivity contribution >= 4 is 11.9 Å². The van der Waals surface area contributed by atoms with Gasteiger partial charge in [-0.3, -0.25) is 4.90 Å². The van der Waals surface area contributed by atoms with Crippen LogP contribution in [-0.2, 0) is 0 Å². The highest BCUT2D eigenvalue weighted by atomic mass is 32.2. The summed E-state index contributed by atoms with van der Waals surface area (Å²) in [7, 11) is 2.24. The molecule has 0 radical (unpaired) electrons. The van der Waals surface area contributed by atoms with Crippen molar-refractivity contribution in [3.63, 3.8) is 0 Å². The molecule has 1 saturated heterocycles. The van der Waals surface area contributed by atoms with Crippen LogP contribution in [0.5, 0.6) is 0 Å². The first-order valence-corrected chi connectivity index (χ1v) is 5.84. The van der Waals surface area contributed by atoms with Crippen LogP contribution in [0.25, 0.3) is 0 Å². The molecule has 1 aliphatic heterocycles. The van der Waals surface area contributed by atoms with Gasteiger partial charge in [-0.15, -0.1) is 0 Å². The topological polar surface area (TPSA) is 6.48 Å². The molecule has 0 amide bonds. The van der Waals surface area contributed by atoms with E-state index in [1.165, 1.54) is 19.5 Å². The standard InChI is InChI=1S/C9H20N2S/c1-8(2)10(3)9-5-6-11(7-9)12-4/h8-9H,5-7H2,1-4H3. The highest BCUT2D eigenvalue weighted by Crippen LogP contribution is 2.20. The summed E-state index contributed by atoms with van der Waals surface area (Å²) < 4.78 is 2.45. The van der Waals surface area contributed by atoms with Crippen LogP contribution in [0, 0.1) is 0 Å². The number of hydrogen-bond donors (Lipinski definition) is 0. The molecular weight excluding hydrogens is 168 g/mol. The first kappa shape index (κ1) is 10.4. The van der Waals surface area contributed by atoms with E-state index in [2.05, 4.69) is 36.4 Å². The maximum absolute atomic E-state index is 2.48. The SMILES string of the molecule is CSN1CCC(N(C)C(C)C)C1. The van der Waals surface area contributed by atoms with E-state index in [4.69, 9.17) is 0 Å². The van der Waals surface area contributed by atoms with E-state index < -0.39 is 0 Å². The summed E-state index contributed by atoms with van der Waals surface area (Å²) in [5.74, 6) is 0. The molecule has 1 aliphatic rings. The van der Waals surface area contributed by atoms with Gasteiger partial charge in [-0.1, -0.05) is 11.9 Å². The normalized spacial score (nSPS) is 26.0. The van der Waals surface area contributed by atoms with Gasteiger partial charge in [-0.25, -0.2) is 4.31 Å². The van der Waals surface area contributed by atoms with Gasteiger partial charge >= 0.3 is 0 Å². The monoisotopic (exact) mass is 188 g/mol. The second-order valence-electron chi connectivity index (χ2n) is 3.77. The third-order valence-corrected chi connectivity index (χ3v) is 3.62. The van der Waals surface area contributed by atoms with Gasteiger partial charge in [-0.05, 0) is 33.6 Å². The lowest BCUT2D eigenvalue weighted by Gasteiger charge is -2.27. The van der Waals surface area contributed by atoms with Crippen LogP contribution in [0.4, 0.5) is 0 Å². The molecule has 2 nitrogen and oxygen atoms in total. The fraction of sp³-hybridized carbons (Fsp3) is 1.00. The molecule has 1 rings (SSSR count). The molecule has 0 aromatic rings. The van der Waals surface area contributed by atoms with Gasteiger partial charge in [-0.2, -0.15) is 0 Å². The quantitative estimate of drug-likeness (QED) is 0.622. The molecule has 12 heavy (non-hydrogen) atoms. The molecule has 0 N–H and O–H groups in total. The second-order valence-corrected chi connectivity index (χ2v) is 4.65. The van der Waals surface area contributed by atoms with Gasteiger partial charge in [0.05, 0.1) is 0 Å². The Morgan fingerprint density at radius 3 is 2.58 bits per heavy atom. The summed E-state index contributed by atoms with van der Waals surface area (Å²) in [6.07, 6.45) is 3.49. The zero-order valence-corrected chi connectivity index (χ0v) is 9.40. The lowest BCUT2D eigenvalue weighted by Crippen LogP contribution is -2.38. The number of likely N-dealkylation sites (N-methyl/N-ethyl adjacent to an activating group) is 1. The summed E-state index contributed by atoms with van der Waals surface area (Å²) in [6, 6.07) is 1.45. The van der Waals surface area contributed by atoms with Gasteiger partial charge in [0.1, 0.15) is 0 Å². The Morgan fingerprint density at radius 1 is 1.50 bits per heavy atom. The summed E-state index contributed by atoms with van der Waals surface area (Å²) in [6.45, 7) is 7.02. The Morgan fingerprint density at radius 2 is 2.17 bits per heavy atom. The molecule has 1 heterocycles. The molecule has 3 heteroatoms. The van der Waals surface area contributed by atoms with Gasteiger partial charge in [0.25, 0.3) is 0 Å². The summed E-state index contributed by atoms with van der Waals surface area (Å²) in [5.41, 5.74) is 0. The molecule has 1 unspecified atom stereocenters. The molecule has 0 bridgehead atoms. The van der Waals surface area contributed by atoms with Crippen LogP contribution in [0.2, 0.25) is 0 Å². The average Bonchev–Trinajstić information content (AvgIpc) is 2.50. The van der Waals surface area contributed by atoms with Crippen molar-refractivity contribution < 1.29 is 0 Å². The number of nitrogens with zero attached hydrogens (tertiary/aromatic N) is 2. The Labute approximate surface area is 80.4 Å². The van der Waals surface area contributed by atoms with E-state index in [1.807, 2.05) is 11.9 Å². The van der Waals surface area contributed by atoms with E-state index in [0.717, 1.165) is 6.04 Å². The van der Waals surface area contributed by atoms with Gasteiger partial charge in [0.15, 0.2) is 0 Å². The molecule has 0 saturated carbocycles. The van der Waals surface area contributed by atoms with Gasteiger partial charge in [0, 0.05) is 25.2 Å². The first-order chi connectivity index (χ1) is 5.65. The first-order valence-electron chi connectivity index (χ1n) is 4.66. The summed E-state index contributed by atoms with van der Waals surface area (Å²) in [4.78, 5) is 2.48. The van der Waals surface area contributed by atoms with Crippen molar-refractivity contribution in [1.82, 2.24) is 9.21 Å². The predicted molar refractivity (Wildman–Crippen MR) is 56.4 cm³/mol. The smallest absolute Gasteiger partial charge is 0.0246 e. The zero-order chi connectivity index (χ0) is 9.14. The molecule has 0 spiro atoms. The fourth-order valence-electron chi connectivity index (χ4n) is 1.63. The van der Waals surface area contributed by atoms with Crippen molar-refractivity contribution in [2.75, 3.05) is 26.4 Å². The van der Waals surface area contributed by atoms with E-state index >= 15 is 0 Å². The maximum atomic E-state index is 2.48. The zero-order valence-electron chi connectivity index (χ0n) is 8.58. The van der Waals surface area contributed by atoms with E-state index in [1.54, 1.807) is 0 Å². The van der Waals surface area contributed by atoms with Crippen molar-refractivity contribution in [3.8, 4) is 0 Å². The van der Waals surface area contributed by atoms with Crippen LogP contribution in [-0.4, -0.2) is 47.7 Å². The van der Waals surface area contributed by atoms with Gasteiger partial charge in [0.2, 0.25) is 0 Å². The third-order valence-electron chi connectivity index (χ3n) is 2.77. The Kier molecular flexibility index (Phi) is 3.87. The van der Waals surface area contributed by atoms with Crippen LogP contribution in [0.15, 0.2) is 0 Å². The molecule has 0 aromatic heterocycles. The molecule has 1 atom stereocenters. The van der Waals surface area contributed by atoms with Crippen molar-refractivity contribution in [2.24, 2.45) is 0 Å². The minimum absolute atomic E-state index is 0.678. The Hall–Kier alpha value is 0.270. The highest BCUT2D eigenvalue weighted by molar-refractivity contribution is 7.96. The van der Waals surface area contributed by atoms with Crippen LogP contribution in [0.3, 0.4) is 0 Å². The van der Waals surface area contributed by atoms with Crippen LogP contribution in [0.1, 0.15) is 20.3 Å². The van der Waals surface area contributed by atoms with Crippen molar-refractivity contribution in [2.45, 2.75) is 32.4 Å². The minimum atomic E-state index is 0.678. The molecule has 72 valence electrons. The van der Waals surface area contributed by atoms with Crippen LogP contribution >= 0.6 is 11.9 Å². The maximum Gasteiger partial charge on any atom is 0.0246 e. The predicted octanol–water partition coefficient (Wildman–Crippen LogP) is 1.68. The molecule has 0 aromatic carbocycles. The fourth-order valence-corrected chi connectivity index (χ4v) is 2.24. The van der Waals surface area contributed by atoms with Crippen molar-refractivity contribution in [3.05, 3.63) is 0 Å². The van der Waals surface area contributed by atoms with E-state index in [9.17, 15) is 0 Å².